The smallest absolute Gasteiger partial charge is 0.398 e. The standard InChI is InChI=1S/C17H16Cl2F3N3O5S/c1-24(2)9-14(10-3-5-12(18)13(19)7-10)23-31(28,29)11-4-6-15(25(26)27)16(8-11)30-17(20,21)22/h3-8,14,23H,9H2,1-2H3/t14-/m1/s1. The normalized spacial score (nSPS) is 13.3. The van der Waals surface area contributed by atoms with Crippen LogP contribution in [0.2, 0.25) is 10.0 Å². The van der Waals surface area contributed by atoms with E-state index in [1.807, 2.05) is 0 Å². The molecule has 0 bridgehead atoms. The number of hydrogen-bond donors (Lipinski definition) is 1. The number of nitrogens with zero attached hydrogens (tertiary/aromatic N) is 2. The zero-order valence-electron chi connectivity index (χ0n) is 16.0. The van der Waals surface area contributed by atoms with E-state index >= 15 is 0 Å². The van der Waals surface area contributed by atoms with Gasteiger partial charge < -0.3 is 9.64 Å². The Morgan fingerprint density at radius 2 is 1.81 bits per heavy atom. The van der Waals surface area contributed by atoms with E-state index in [4.69, 9.17) is 23.2 Å². The summed E-state index contributed by atoms with van der Waals surface area (Å²) in [4.78, 5) is 10.9. The maximum absolute atomic E-state index is 12.9. The molecule has 0 spiro atoms. The molecular weight excluding hydrogens is 486 g/mol. The minimum Gasteiger partial charge on any atom is -0.398 e. The van der Waals surface area contributed by atoms with Crippen LogP contribution in [0.4, 0.5) is 18.9 Å². The topological polar surface area (TPSA) is 102 Å². The summed E-state index contributed by atoms with van der Waals surface area (Å²) in [5.74, 6) is -1.25. The first-order chi connectivity index (χ1) is 14.2. The molecule has 0 aliphatic carbocycles. The summed E-state index contributed by atoms with van der Waals surface area (Å²) in [5.41, 5.74) is -0.592. The highest BCUT2D eigenvalue weighted by atomic mass is 35.5. The van der Waals surface area contributed by atoms with Crippen molar-refractivity contribution in [2.24, 2.45) is 0 Å². The van der Waals surface area contributed by atoms with Crippen molar-refractivity contribution in [3.8, 4) is 5.75 Å². The number of ether oxygens (including phenoxy) is 1. The van der Waals surface area contributed by atoms with Gasteiger partial charge >= 0.3 is 12.0 Å². The molecule has 2 aromatic rings. The molecule has 170 valence electrons. The van der Waals surface area contributed by atoms with Crippen molar-refractivity contribution in [3.63, 3.8) is 0 Å². The fraction of sp³-hybridized carbons (Fsp3) is 0.294. The third kappa shape index (κ3) is 6.94. The van der Waals surface area contributed by atoms with Gasteiger partial charge in [0.1, 0.15) is 0 Å². The largest absolute Gasteiger partial charge is 0.573 e. The number of benzene rings is 2. The van der Waals surface area contributed by atoms with Gasteiger partial charge in [0.05, 0.1) is 25.9 Å². The number of alkyl halides is 3. The number of nitro groups is 1. The van der Waals surface area contributed by atoms with E-state index in [0.29, 0.717) is 17.7 Å². The van der Waals surface area contributed by atoms with Crippen LogP contribution >= 0.6 is 23.2 Å². The Hall–Kier alpha value is -2.12. The van der Waals surface area contributed by atoms with E-state index in [-0.39, 0.29) is 16.6 Å². The van der Waals surface area contributed by atoms with Crippen molar-refractivity contribution in [2.75, 3.05) is 20.6 Å². The summed E-state index contributed by atoms with van der Waals surface area (Å²) in [6.07, 6.45) is -5.26. The molecule has 2 rings (SSSR count). The summed E-state index contributed by atoms with van der Waals surface area (Å²) in [6.45, 7) is 0.163. The first kappa shape index (κ1) is 25.1. The van der Waals surface area contributed by atoms with E-state index in [1.165, 1.54) is 12.1 Å². The molecule has 0 heterocycles. The van der Waals surface area contributed by atoms with E-state index in [2.05, 4.69) is 9.46 Å². The Balaban J connectivity index is 2.46. The Bertz CT molecular complexity index is 1080. The number of hydrogen-bond acceptors (Lipinski definition) is 6. The molecule has 0 fully saturated rings. The third-order valence-corrected chi connectivity index (χ3v) is 6.06. The van der Waals surface area contributed by atoms with Gasteiger partial charge in [-0.2, -0.15) is 0 Å². The van der Waals surface area contributed by atoms with Gasteiger partial charge in [0.25, 0.3) is 0 Å². The van der Waals surface area contributed by atoms with Crippen molar-refractivity contribution in [3.05, 3.63) is 62.1 Å². The summed E-state index contributed by atoms with van der Waals surface area (Å²) in [5, 5.41) is 11.4. The van der Waals surface area contributed by atoms with E-state index in [9.17, 15) is 31.7 Å². The number of likely N-dealkylation sites (N-methyl/N-ethyl adjacent to an activating group) is 1. The second kappa shape index (κ2) is 9.57. The Labute approximate surface area is 185 Å². The molecule has 2 aromatic carbocycles. The lowest BCUT2D eigenvalue weighted by Crippen LogP contribution is -2.35. The predicted molar refractivity (Wildman–Crippen MR) is 108 cm³/mol. The van der Waals surface area contributed by atoms with Crippen LogP contribution in [0.3, 0.4) is 0 Å². The van der Waals surface area contributed by atoms with Crippen molar-refractivity contribution in [2.45, 2.75) is 17.3 Å². The monoisotopic (exact) mass is 501 g/mol. The fourth-order valence-corrected chi connectivity index (χ4v) is 4.12. The fourth-order valence-electron chi connectivity index (χ4n) is 2.58. The van der Waals surface area contributed by atoms with Crippen LogP contribution in [0, 0.1) is 10.1 Å². The molecule has 0 aliphatic heterocycles. The van der Waals surface area contributed by atoms with E-state index < -0.39 is 43.7 Å². The number of nitrogens with one attached hydrogen (secondary N) is 1. The lowest BCUT2D eigenvalue weighted by atomic mass is 10.1. The van der Waals surface area contributed by atoms with Gasteiger partial charge in [-0.25, -0.2) is 13.1 Å². The molecule has 0 aromatic heterocycles. The second-order valence-corrected chi connectivity index (χ2v) is 9.07. The quantitative estimate of drug-likeness (QED) is 0.425. The lowest BCUT2D eigenvalue weighted by Gasteiger charge is -2.23. The van der Waals surface area contributed by atoms with Gasteiger partial charge in [-0.3, -0.25) is 10.1 Å². The maximum Gasteiger partial charge on any atom is 0.573 e. The van der Waals surface area contributed by atoms with Crippen molar-refractivity contribution in [1.29, 1.82) is 0 Å². The number of nitro benzene ring substituents is 1. The third-order valence-electron chi connectivity index (χ3n) is 3.86. The molecule has 1 N–H and O–H groups in total. The number of sulfonamides is 1. The molecular formula is C17H16Cl2F3N3O5S. The van der Waals surface area contributed by atoms with Crippen LogP contribution in [-0.2, 0) is 10.0 Å². The van der Waals surface area contributed by atoms with Crippen molar-refractivity contribution in [1.82, 2.24) is 9.62 Å². The van der Waals surface area contributed by atoms with Crippen LogP contribution in [0.25, 0.3) is 0 Å². The first-order valence-electron chi connectivity index (χ1n) is 8.36. The molecule has 1 atom stereocenters. The molecule has 8 nitrogen and oxygen atoms in total. The number of rotatable bonds is 8. The van der Waals surface area contributed by atoms with Gasteiger partial charge in [-0.05, 0) is 37.9 Å². The zero-order valence-corrected chi connectivity index (χ0v) is 18.3. The average Bonchev–Trinajstić information content (AvgIpc) is 2.61. The number of halogens is 5. The van der Waals surface area contributed by atoms with Crippen molar-refractivity contribution < 1.29 is 31.2 Å². The van der Waals surface area contributed by atoms with Crippen LogP contribution in [0.15, 0.2) is 41.3 Å². The van der Waals surface area contributed by atoms with Gasteiger partial charge in [-0.1, -0.05) is 29.3 Å². The molecule has 0 aliphatic rings. The Kier molecular flexibility index (Phi) is 7.76. The Morgan fingerprint density at radius 3 is 2.32 bits per heavy atom. The minimum absolute atomic E-state index is 0.163. The molecule has 0 saturated heterocycles. The second-order valence-electron chi connectivity index (χ2n) is 6.54. The summed E-state index contributed by atoms with van der Waals surface area (Å²) < 4.78 is 69.6. The predicted octanol–water partition coefficient (Wildman–Crippen LogP) is 4.38. The van der Waals surface area contributed by atoms with Crippen LogP contribution in [0.1, 0.15) is 11.6 Å². The summed E-state index contributed by atoms with van der Waals surface area (Å²) >= 11 is 11.9. The molecule has 0 saturated carbocycles. The average molecular weight is 502 g/mol. The van der Waals surface area contributed by atoms with Gasteiger partial charge in [0.2, 0.25) is 15.8 Å². The molecule has 0 amide bonds. The van der Waals surface area contributed by atoms with E-state index in [1.54, 1.807) is 25.1 Å². The molecule has 14 heteroatoms. The van der Waals surface area contributed by atoms with Gasteiger partial charge in [0.15, 0.2) is 0 Å². The summed E-state index contributed by atoms with van der Waals surface area (Å²) in [7, 11) is -1.06. The zero-order chi connectivity index (χ0) is 23.6. The van der Waals surface area contributed by atoms with Gasteiger partial charge in [-0.15, -0.1) is 13.2 Å². The summed E-state index contributed by atoms with van der Waals surface area (Å²) in [6, 6.07) is 5.47. The van der Waals surface area contributed by atoms with Crippen LogP contribution in [-0.4, -0.2) is 45.2 Å². The van der Waals surface area contributed by atoms with Crippen LogP contribution in [0.5, 0.6) is 5.75 Å². The molecule has 0 radical (unpaired) electrons. The van der Waals surface area contributed by atoms with E-state index in [0.717, 1.165) is 6.07 Å². The highest BCUT2D eigenvalue weighted by Gasteiger charge is 2.35. The minimum atomic E-state index is -5.26. The molecule has 31 heavy (non-hydrogen) atoms. The highest BCUT2D eigenvalue weighted by molar-refractivity contribution is 7.89. The SMILES string of the molecule is CN(C)C[C@@H](NS(=O)(=O)c1ccc([N+](=O)[O-])c(OC(F)(F)F)c1)c1ccc(Cl)c(Cl)c1. The lowest BCUT2D eigenvalue weighted by molar-refractivity contribution is -0.388. The molecule has 0 unspecified atom stereocenters. The highest BCUT2D eigenvalue weighted by Crippen LogP contribution is 2.34. The van der Waals surface area contributed by atoms with Gasteiger partial charge in [0, 0.05) is 18.7 Å². The Morgan fingerprint density at radius 1 is 1.16 bits per heavy atom. The first-order valence-corrected chi connectivity index (χ1v) is 10.6. The van der Waals surface area contributed by atoms with Crippen molar-refractivity contribution >= 4 is 38.9 Å². The van der Waals surface area contributed by atoms with Crippen LogP contribution < -0.4 is 9.46 Å². The maximum atomic E-state index is 12.9.